The number of rotatable bonds is 5. The van der Waals surface area contributed by atoms with Crippen LogP contribution < -0.4 is 11.1 Å². The Bertz CT molecular complexity index is 620. The van der Waals surface area contributed by atoms with Gasteiger partial charge in [-0.3, -0.25) is 4.79 Å². The lowest BCUT2D eigenvalue weighted by Crippen LogP contribution is -2.07. The number of hydrogen-bond acceptors (Lipinski definition) is 3. The van der Waals surface area contributed by atoms with E-state index in [1.807, 2.05) is 18.2 Å². The van der Waals surface area contributed by atoms with Crippen molar-refractivity contribution in [1.82, 2.24) is 0 Å². The number of Topliss-reactive ketones (excluding diaryl/α,β-unsaturated/α-hetero) is 1. The van der Waals surface area contributed by atoms with Gasteiger partial charge in [0.1, 0.15) is 0 Å². The summed E-state index contributed by atoms with van der Waals surface area (Å²) in [6.07, 6.45) is 0.959. The maximum absolute atomic E-state index is 11.3. The standard InChI is InChI=1S/C17H20N2O/c1-12-5-3-4-6-14(12)9-10-19-15-7-8-16(13(2)20)17(18)11-15/h3-8,11,19H,9-10,18H2,1-2H3. The Morgan fingerprint density at radius 2 is 1.95 bits per heavy atom. The monoisotopic (exact) mass is 268 g/mol. The van der Waals surface area contributed by atoms with E-state index in [2.05, 4.69) is 30.4 Å². The molecule has 3 N–H and O–H groups in total. The highest BCUT2D eigenvalue weighted by atomic mass is 16.1. The summed E-state index contributed by atoms with van der Waals surface area (Å²) in [6.45, 7) is 4.48. The maximum atomic E-state index is 11.3. The highest BCUT2D eigenvalue weighted by molar-refractivity contribution is 5.99. The predicted octanol–water partition coefficient (Wildman–Crippen LogP) is 3.43. The molecule has 0 atom stereocenters. The minimum absolute atomic E-state index is 0.00559. The number of carbonyl (C=O) groups excluding carboxylic acids is 1. The molecular weight excluding hydrogens is 248 g/mol. The molecule has 0 fully saturated rings. The number of nitrogens with two attached hydrogens (primary N) is 1. The van der Waals surface area contributed by atoms with Crippen LogP contribution in [-0.2, 0) is 6.42 Å². The van der Waals surface area contributed by atoms with Gasteiger partial charge in [-0.05, 0) is 49.6 Å². The van der Waals surface area contributed by atoms with Crippen LogP contribution in [0.3, 0.4) is 0 Å². The normalized spacial score (nSPS) is 10.3. The van der Waals surface area contributed by atoms with Gasteiger partial charge in [0.15, 0.2) is 5.78 Å². The second kappa shape index (κ2) is 6.24. The zero-order valence-corrected chi connectivity index (χ0v) is 11.9. The molecule has 0 aliphatic rings. The van der Waals surface area contributed by atoms with E-state index in [4.69, 9.17) is 5.73 Å². The van der Waals surface area contributed by atoms with Crippen LogP contribution in [0.25, 0.3) is 0 Å². The van der Waals surface area contributed by atoms with E-state index in [9.17, 15) is 4.79 Å². The Morgan fingerprint density at radius 1 is 1.20 bits per heavy atom. The molecule has 0 saturated carbocycles. The predicted molar refractivity (Wildman–Crippen MR) is 84.2 cm³/mol. The average molecular weight is 268 g/mol. The Balaban J connectivity index is 1.97. The molecule has 0 radical (unpaired) electrons. The summed E-state index contributed by atoms with van der Waals surface area (Å²) in [5.74, 6) is -0.00559. The number of anilines is 2. The van der Waals surface area contributed by atoms with Crippen molar-refractivity contribution in [3.05, 3.63) is 59.2 Å². The van der Waals surface area contributed by atoms with E-state index in [1.54, 1.807) is 6.07 Å². The second-order valence-corrected chi connectivity index (χ2v) is 4.96. The fourth-order valence-corrected chi connectivity index (χ4v) is 2.23. The molecule has 0 aliphatic carbocycles. The van der Waals surface area contributed by atoms with Crippen LogP contribution in [0.1, 0.15) is 28.4 Å². The third kappa shape index (κ3) is 3.38. The lowest BCUT2D eigenvalue weighted by molar-refractivity contribution is 0.101. The Morgan fingerprint density at radius 3 is 2.60 bits per heavy atom. The Kier molecular flexibility index (Phi) is 4.41. The van der Waals surface area contributed by atoms with Crippen molar-refractivity contribution in [3.63, 3.8) is 0 Å². The van der Waals surface area contributed by atoms with Crippen LogP contribution in [0.15, 0.2) is 42.5 Å². The van der Waals surface area contributed by atoms with Crippen LogP contribution in [-0.4, -0.2) is 12.3 Å². The molecule has 0 heterocycles. The number of nitrogen functional groups attached to an aromatic ring is 1. The van der Waals surface area contributed by atoms with E-state index >= 15 is 0 Å². The molecule has 2 rings (SSSR count). The number of nitrogens with one attached hydrogen (secondary N) is 1. The molecule has 0 amide bonds. The number of benzene rings is 2. The minimum Gasteiger partial charge on any atom is -0.398 e. The van der Waals surface area contributed by atoms with Crippen molar-refractivity contribution in [3.8, 4) is 0 Å². The molecule has 2 aromatic rings. The van der Waals surface area contributed by atoms with Gasteiger partial charge in [0.05, 0.1) is 0 Å². The molecule has 20 heavy (non-hydrogen) atoms. The topological polar surface area (TPSA) is 55.1 Å². The van der Waals surface area contributed by atoms with Crippen molar-refractivity contribution in [1.29, 1.82) is 0 Å². The molecule has 3 nitrogen and oxygen atoms in total. The summed E-state index contributed by atoms with van der Waals surface area (Å²) in [7, 11) is 0. The van der Waals surface area contributed by atoms with E-state index in [1.165, 1.54) is 18.1 Å². The number of carbonyl (C=O) groups is 1. The summed E-state index contributed by atoms with van der Waals surface area (Å²) in [5, 5.41) is 3.34. The van der Waals surface area contributed by atoms with Gasteiger partial charge in [-0.1, -0.05) is 24.3 Å². The molecule has 0 bridgehead atoms. The molecule has 104 valence electrons. The first kappa shape index (κ1) is 14.1. The lowest BCUT2D eigenvalue weighted by Gasteiger charge is -2.10. The molecule has 0 spiro atoms. The van der Waals surface area contributed by atoms with Gasteiger partial charge in [-0.2, -0.15) is 0 Å². The van der Waals surface area contributed by atoms with E-state index in [0.717, 1.165) is 18.7 Å². The van der Waals surface area contributed by atoms with Crippen LogP contribution in [0.5, 0.6) is 0 Å². The third-order valence-electron chi connectivity index (χ3n) is 3.42. The van der Waals surface area contributed by atoms with Gasteiger partial charge in [0.25, 0.3) is 0 Å². The minimum atomic E-state index is -0.00559. The van der Waals surface area contributed by atoms with Gasteiger partial charge >= 0.3 is 0 Å². The summed E-state index contributed by atoms with van der Waals surface area (Å²) in [4.78, 5) is 11.3. The Labute approximate surface area is 119 Å². The average Bonchev–Trinajstić information content (AvgIpc) is 2.40. The highest BCUT2D eigenvalue weighted by Gasteiger charge is 2.05. The van der Waals surface area contributed by atoms with Crippen molar-refractivity contribution < 1.29 is 4.79 Å². The van der Waals surface area contributed by atoms with Gasteiger partial charge in [0.2, 0.25) is 0 Å². The van der Waals surface area contributed by atoms with E-state index in [0.29, 0.717) is 11.3 Å². The van der Waals surface area contributed by atoms with Crippen molar-refractivity contribution >= 4 is 17.2 Å². The van der Waals surface area contributed by atoms with Gasteiger partial charge in [0, 0.05) is 23.5 Å². The second-order valence-electron chi connectivity index (χ2n) is 4.96. The lowest BCUT2D eigenvalue weighted by atomic mass is 10.1. The zero-order chi connectivity index (χ0) is 14.5. The number of hydrogen-bond donors (Lipinski definition) is 2. The largest absolute Gasteiger partial charge is 0.398 e. The fourth-order valence-electron chi connectivity index (χ4n) is 2.23. The molecular formula is C17H20N2O. The zero-order valence-electron chi connectivity index (χ0n) is 11.9. The van der Waals surface area contributed by atoms with Crippen LogP contribution >= 0.6 is 0 Å². The SMILES string of the molecule is CC(=O)c1ccc(NCCc2ccccc2C)cc1N. The fraction of sp³-hybridized carbons (Fsp3) is 0.235. The smallest absolute Gasteiger partial charge is 0.161 e. The first-order valence-corrected chi connectivity index (χ1v) is 6.77. The Hall–Kier alpha value is -2.29. The molecule has 0 saturated heterocycles. The summed E-state index contributed by atoms with van der Waals surface area (Å²) in [6, 6.07) is 13.8. The van der Waals surface area contributed by atoms with Gasteiger partial charge in [-0.15, -0.1) is 0 Å². The maximum Gasteiger partial charge on any atom is 0.161 e. The summed E-state index contributed by atoms with van der Waals surface area (Å²) in [5.41, 5.74) is 10.6. The molecule has 2 aromatic carbocycles. The van der Waals surface area contributed by atoms with Crippen molar-refractivity contribution in [2.45, 2.75) is 20.3 Å². The number of aryl methyl sites for hydroxylation is 1. The van der Waals surface area contributed by atoms with Crippen LogP contribution in [0.2, 0.25) is 0 Å². The van der Waals surface area contributed by atoms with Crippen molar-refractivity contribution in [2.24, 2.45) is 0 Å². The van der Waals surface area contributed by atoms with Gasteiger partial charge in [-0.25, -0.2) is 0 Å². The van der Waals surface area contributed by atoms with Crippen LogP contribution in [0.4, 0.5) is 11.4 Å². The molecule has 3 heteroatoms. The quantitative estimate of drug-likeness (QED) is 0.645. The van der Waals surface area contributed by atoms with Crippen LogP contribution in [0, 0.1) is 6.92 Å². The highest BCUT2D eigenvalue weighted by Crippen LogP contribution is 2.18. The summed E-state index contributed by atoms with van der Waals surface area (Å²) < 4.78 is 0. The van der Waals surface area contributed by atoms with Crippen molar-refractivity contribution in [2.75, 3.05) is 17.6 Å². The molecule has 0 unspecified atom stereocenters. The third-order valence-corrected chi connectivity index (χ3v) is 3.42. The summed E-state index contributed by atoms with van der Waals surface area (Å²) >= 11 is 0. The molecule has 0 aromatic heterocycles. The first-order chi connectivity index (χ1) is 9.58. The van der Waals surface area contributed by atoms with E-state index < -0.39 is 0 Å². The van der Waals surface area contributed by atoms with E-state index in [-0.39, 0.29) is 5.78 Å². The number of ketones is 1. The first-order valence-electron chi connectivity index (χ1n) is 6.77. The molecule has 0 aliphatic heterocycles. The van der Waals surface area contributed by atoms with Gasteiger partial charge < -0.3 is 11.1 Å².